The second-order valence-corrected chi connectivity index (χ2v) is 6.11. The van der Waals surface area contributed by atoms with E-state index in [0.29, 0.717) is 21.9 Å². The number of hydrogen-bond donors (Lipinski definition) is 0. The maximum atomic E-state index is 14.1. The van der Waals surface area contributed by atoms with E-state index >= 15 is 0 Å². The van der Waals surface area contributed by atoms with Gasteiger partial charge in [0.2, 0.25) is 0 Å². The Bertz CT molecular complexity index is 958. The lowest BCUT2D eigenvalue weighted by Crippen LogP contribution is -2.22. The number of hydrogen-bond acceptors (Lipinski definition) is 0. The molecular formula is C22H15F3. The molecule has 124 valence electrons. The summed E-state index contributed by atoms with van der Waals surface area (Å²) in [5.74, 6) is -1.66. The molecule has 0 radical (unpaired) electrons. The van der Waals surface area contributed by atoms with Gasteiger partial charge in [0.05, 0.1) is 0 Å². The summed E-state index contributed by atoms with van der Waals surface area (Å²) in [5.41, 5.74) is 0.587. The second-order valence-electron chi connectivity index (χ2n) is 6.11. The Balaban J connectivity index is 2.05. The summed E-state index contributed by atoms with van der Waals surface area (Å²) >= 11 is 0. The Morgan fingerprint density at radius 2 is 0.920 bits per heavy atom. The van der Waals surface area contributed by atoms with Crippen molar-refractivity contribution in [3.63, 3.8) is 0 Å². The average molecular weight is 336 g/mol. The van der Waals surface area contributed by atoms with Crippen molar-refractivity contribution in [1.29, 1.82) is 0 Å². The van der Waals surface area contributed by atoms with Gasteiger partial charge in [-0.25, -0.2) is 0 Å². The molecule has 0 N–H and O–H groups in total. The lowest BCUT2D eigenvalue weighted by Gasteiger charge is -2.24. The minimum Gasteiger partial charge on any atom is -0.170 e. The largest absolute Gasteiger partial charge is 0.399 e. The van der Waals surface area contributed by atoms with Gasteiger partial charge < -0.3 is 0 Å². The lowest BCUT2D eigenvalue weighted by atomic mass is 9.85. The number of rotatable bonds is 2. The van der Waals surface area contributed by atoms with Gasteiger partial charge in [0.25, 0.3) is 0 Å². The number of alkyl halides is 3. The molecule has 25 heavy (non-hydrogen) atoms. The zero-order valence-electron chi connectivity index (χ0n) is 13.3. The lowest BCUT2D eigenvalue weighted by molar-refractivity contribution is -0.140. The quantitative estimate of drug-likeness (QED) is 0.383. The second kappa shape index (κ2) is 5.92. The number of halogens is 3. The molecule has 0 heterocycles. The molecule has 0 aliphatic heterocycles. The number of benzene rings is 4. The molecule has 0 bridgehead atoms. The fraction of sp³-hybridized carbons (Fsp3) is 0.0909. The third-order valence-corrected chi connectivity index (χ3v) is 4.60. The van der Waals surface area contributed by atoms with E-state index < -0.39 is 12.1 Å². The fourth-order valence-electron chi connectivity index (χ4n) is 3.52. The van der Waals surface area contributed by atoms with Crippen molar-refractivity contribution in [3.8, 4) is 0 Å². The first-order valence-corrected chi connectivity index (χ1v) is 8.08. The highest BCUT2D eigenvalue weighted by Crippen LogP contribution is 2.44. The van der Waals surface area contributed by atoms with E-state index in [-0.39, 0.29) is 0 Å². The van der Waals surface area contributed by atoms with Crippen LogP contribution in [0.5, 0.6) is 0 Å². The molecule has 0 saturated heterocycles. The first kappa shape index (κ1) is 15.7. The van der Waals surface area contributed by atoms with Gasteiger partial charge in [0.1, 0.15) is 5.92 Å². The highest BCUT2D eigenvalue weighted by atomic mass is 19.4. The molecule has 0 unspecified atom stereocenters. The molecule has 4 aromatic rings. The van der Waals surface area contributed by atoms with Gasteiger partial charge in [0, 0.05) is 0 Å². The van der Waals surface area contributed by atoms with E-state index in [2.05, 4.69) is 0 Å². The van der Waals surface area contributed by atoms with E-state index in [1.54, 1.807) is 48.5 Å². The van der Waals surface area contributed by atoms with Crippen LogP contribution in [0.1, 0.15) is 17.0 Å². The van der Waals surface area contributed by atoms with Crippen LogP contribution in [0.15, 0.2) is 84.9 Å². The van der Waals surface area contributed by atoms with Crippen LogP contribution in [0.2, 0.25) is 0 Å². The molecule has 4 rings (SSSR count). The molecule has 0 aliphatic rings. The molecule has 3 heteroatoms. The van der Waals surface area contributed by atoms with Crippen LogP contribution in [0, 0.1) is 0 Å². The Kier molecular flexibility index (Phi) is 3.72. The van der Waals surface area contributed by atoms with Crippen LogP contribution in [-0.4, -0.2) is 6.18 Å². The van der Waals surface area contributed by atoms with Crippen LogP contribution >= 0.6 is 0 Å². The minimum atomic E-state index is -4.38. The molecule has 0 amide bonds. The zero-order chi connectivity index (χ0) is 17.4. The van der Waals surface area contributed by atoms with Gasteiger partial charge >= 0.3 is 6.18 Å². The van der Waals surface area contributed by atoms with E-state index in [4.69, 9.17) is 0 Å². The van der Waals surface area contributed by atoms with Gasteiger partial charge in [-0.3, -0.25) is 0 Å². The van der Waals surface area contributed by atoms with Crippen LogP contribution in [0.4, 0.5) is 13.2 Å². The van der Waals surface area contributed by atoms with E-state index in [1.165, 1.54) is 0 Å². The van der Waals surface area contributed by atoms with Gasteiger partial charge in [-0.05, 0) is 32.7 Å². The van der Waals surface area contributed by atoms with Crippen molar-refractivity contribution < 1.29 is 13.2 Å². The maximum Gasteiger partial charge on any atom is 0.399 e. The van der Waals surface area contributed by atoms with Gasteiger partial charge in [-0.1, -0.05) is 84.9 Å². The van der Waals surface area contributed by atoms with Crippen molar-refractivity contribution in [2.75, 3.05) is 0 Å². The summed E-state index contributed by atoms with van der Waals surface area (Å²) in [6.07, 6.45) is -4.38. The summed E-state index contributed by atoms with van der Waals surface area (Å²) < 4.78 is 42.4. The minimum absolute atomic E-state index is 0.293. The third-order valence-electron chi connectivity index (χ3n) is 4.60. The molecule has 0 saturated carbocycles. The Morgan fingerprint density at radius 1 is 0.520 bits per heavy atom. The predicted octanol–water partition coefficient (Wildman–Crippen LogP) is 6.69. The summed E-state index contributed by atoms with van der Waals surface area (Å²) in [7, 11) is 0. The van der Waals surface area contributed by atoms with Crippen LogP contribution in [0.25, 0.3) is 21.5 Å². The summed E-state index contributed by atoms with van der Waals surface area (Å²) in [5, 5.41) is 2.91. The molecule has 0 nitrogen and oxygen atoms in total. The van der Waals surface area contributed by atoms with Crippen LogP contribution in [-0.2, 0) is 0 Å². The first-order valence-electron chi connectivity index (χ1n) is 8.08. The van der Waals surface area contributed by atoms with E-state index in [1.807, 2.05) is 36.4 Å². The predicted molar refractivity (Wildman–Crippen MR) is 95.8 cm³/mol. The maximum absolute atomic E-state index is 14.1. The topological polar surface area (TPSA) is 0 Å². The summed E-state index contributed by atoms with van der Waals surface area (Å²) in [6, 6.07) is 24.7. The fourth-order valence-corrected chi connectivity index (χ4v) is 3.52. The van der Waals surface area contributed by atoms with Crippen molar-refractivity contribution in [2.24, 2.45) is 0 Å². The molecule has 0 fully saturated rings. The smallest absolute Gasteiger partial charge is 0.170 e. The van der Waals surface area contributed by atoms with Crippen molar-refractivity contribution in [2.45, 2.75) is 12.1 Å². The zero-order valence-corrected chi connectivity index (χ0v) is 13.3. The Labute approximate surface area is 143 Å². The van der Waals surface area contributed by atoms with Gasteiger partial charge in [-0.15, -0.1) is 0 Å². The SMILES string of the molecule is FC(F)(F)C(c1cccc2ccccc12)c1cccc2ccccc12. The molecule has 0 atom stereocenters. The molecule has 0 aromatic heterocycles. The van der Waals surface area contributed by atoms with E-state index in [0.717, 1.165) is 10.8 Å². The molecule has 0 spiro atoms. The standard InChI is InChI=1S/C22H15F3/c23-22(24,25)21(19-13-5-9-15-7-1-3-11-17(15)19)20-14-6-10-16-8-2-4-12-18(16)20/h1-14,21H. The Hall–Kier alpha value is -2.81. The molecular weight excluding hydrogens is 321 g/mol. The van der Waals surface area contributed by atoms with Gasteiger partial charge in [-0.2, -0.15) is 13.2 Å². The monoisotopic (exact) mass is 336 g/mol. The number of fused-ring (bicyclic) bond motifs is 2. The normalized spacial score (nSPS) is 12.2. The van der Waals surface area contributed by atoms with Crippen molar-refractivity contribution in [3.05, 3.63) is 96.1 Å². The average Bonchev–Trinajstić information content (AvgIpc) is 2.61. The van der Waals surface area contributed by atoms with Crippen molar-refractivity contribution >= 4 is 21.5 Å². The highest BCUT2D eigenvalue weighted by molar-refractivity contribution is 5.90. The first-order chi connectivity index (χ1) is 12.1. The summed E-state index contributed by atoms with van der Waals surface area (Å²) in [4.78, 5) is 0. The molecule has 0 aliphatic carbocycles. The van der Waals surface area contributed by atoms with Crippen LogP contribution < -0.4 is 0 Å². The highest BCUT2D eigenvalue weighted by Gasteiger charge is 2.43. The summed E-state index contributed by atoms with van der Waals surface area (Å²) in [6.45, 7) is 0. The van der Waals surface area contributed by atoms with Crippen molar-refractivity contribution in [1.82, 2.24) is 0 Å². The van der Waals surface area contributed by atoms with E-state index in [9.17, 15) is 13.2 Å². The van der Waals surface area contributed by atoms with Crippen LogP contribution in [0.3, 0.4) is 0 Å². The molecule has 4 aromatic carbocycles. The Morgan fingerprint density at radius 3 is 1.36 bits per heavy atom. The third kappa shape index (κ3) is 2.76. The van der Waals surface area contributed by atoms with Gasteiger partial charge in [0.15, 0.2) is 0 Å².